The molecule has 0 bridgehead atoms. The largest absolute Gasteiger partial charge is 0.468 e. The molecule has 2 rings (SSSR count). The van der Waals surface area contributed by atoms with Crippen molar-refractivity contribution in [2.45, 2.75) is 12.8 Å². The van der Waals surface area contributed by atoms with Gasteiger partial charge in [-0.15, -0.1) is 11.8 Å². The van der Waals surface area contributed by atoms with Crippen molar-refractivity contribution in [3.05, 3.63) is 46.0 Å². The fourth-order valence-electron chi connectivity index (χ4n) is 2.50. The average Bonchev–Trinajstić information content (AvgIpc) is 2.53. The molecule has 1 aromatic rings. The Bertz CT molecular complexity index is 674. The first-order chi connectivity index (χ1) is 10.5. The van der Waals surface area contributed by atoms with Gasteiger partial charge in [-0.2, -0.15) is 5.26 Å². The van der Waals surface area contributed by atoms with Gasteiger partial charge in [0.2, 0.25) is 5.91 Å². The maximum atomic E-state index is 12.3. The van der Waals surface area contributed by atoms with E-state index in [1.165, 1.54) is 18.9 Å². The SMILES string of the molecule is COC(=O)[C@@H]1C(=O)NC(SC)=C(C#N)C1c1ccc(C)cc1. The Morgan fingerprint density at radius 2 is 2.00 bits per heavy atom. The molecule has 1 aromatic carbocycles. The van der Waals surface area contributed by atoms with E-state index in [-0.39, 0.29) is 0 Å². The topological polar surface area (TPSA) is 79.2 Å². The Morgan fingerprint density at radius 3 is 2.50 bits per heavy atom. The normalized spacial score (nSPS) is 21.1. The lowest BCUT2D eigenvalue weighted by Gasteiger charge is -2.30. The van der Waals surface area contributed by atoms with E-state index in [0.717, 1.165) is 11.1 Å². The number of nitrogens with one attached hydrogen (secondary N) is 1. The number of aryl methyl sites for hydroxylation is 1. The Kier molecular flexibility index (Phi) is 4.88. The van der Waals surface area contributed by atoms with Gasteiger partial charge in [-0.25, -0.2) is 0 Å². The number of methoxy groups -OCH3 is 1. The number of esters is 1. The molecule has 0 saturated heterocycles. The van der Waals surface area contributed by atoms with E-state index in [1.54, 1.807) is 6.26 Å². The first-order valence-electron chi connectivity index (χ1n) is 6.67. The van der Waals surface area contributed by atoms with Gasteiger partial charge in [0.1, 0.15) is 5.92 Å². The molecule has 114 valence electrons. The number of carbonyl (C=O) groups excluding carboxylic acids is 2. The van der Waals surface area contributed by atoms with Crippen LogP contribution in [0, 0.1) is 24.2 Å². The van der Waals surface area contributed by atoms with E-state index in [0.29, 0.717) is 10.6 Å². The van der Waals surface area contributed by atoms with Gasteiger partial charge >= 0.3 is 5.97 Å². The molecule has 0 spiro atoms. The summed E-state index contributed by atoms with van der Waals surface area (Å²) in [6.07, 6.45) is 1.78. The standard InChI is InChI=1S/C16H16N2O3S/c1-9-4-6-10(7-5-9)12-11(8-17)15(22-3)18-14(19)13(12)16(20)21-2/h4-7,12-13H,1-3H3,(H,18,19)/t12?,13-/m0/s1. The molecule has 1 N–H and O–H groups in total. The molecule has 0 radical (unpaired) electrons. The van der Waals surface area contributed by atoms with Crippen molar-refractivity contribution in [3.8, 4) is 6.07 Å². The second kappa shape index (κ2) is 6.67. The summed E-state index contributed by atoms with van der Waals surface area (Å²) in [5, 5.41) is 12.6. The second-order valence-electron chi connectivity index (χ2n) is 4.94. The molecule has 2 atom stereocenters. The van der Waals surface area contributed by atoms with Gasteiger partial charge in [0.15, 0.2) is 0 Å². The lowest BCUT2D eigenvalue weighted by atomic mass is 9.78. The maximum Gasteiger partial charge on any atom is 0.319 e. The number of hydrogen-bond donors (Lipinski definition) is 1. The molecule has 0 saturated carbocycles. The zero-order chi connectivity index (χ0) is 16.3. The van der Waals surface area contributed by atoms with Gasteiger partial charge in [0, 0.05) is 5.92 Å². The predicted octanol–water partition coefficient (Wildman–Crippen LogP) is 2.10. The van der Waals surface area contributed by atoms with E-state index in [9.17, 15) is 14.9 Å². The van der Waals surface area contributed by atoms with Crippen LogP contribution in [0.15, 0.2) is 34.9 Å². The van der Waals surface area contributed by atoms with Crippen LogP contribution in [-0.2, 0) is 14.3 Å². The Balaban J connectivity index is 2.62. The van der Waals surface area contributed by atoms with Crippen LogP contribution >= 0.6 is 11.8 Å². The minimum absolute atomic E-state index is 0.381. The second-order valence-corrected chi connectivity index (χ2v) is 5.75. The highest BCUT2D eigenvalue weighted by atomic mass is 32.2. The molecule has 1 amide bonds. The van der Waals surface area contributed by atoms with Crippen molar-refractivity contribution in [1.82, 2.24) is 5.32 Å². The Morgan fingerprint density at radius 1 is 1.36 bits per heavy atom. The number of allylic oxidation sites excluding steroid dienone is 1. The van der Waals surface area contributed by atoms with Crippen molar-refractivity contribution in [1.29, 1.82) is 5.26 Å². The number of hydrogen-bond acceptors (Lipinski definition) is 5. The van der Waals surface area contributed by atoms with Gasteiger partial charge in [0.05, 0.1) is 23.8 Å². The lowest BCUT2D eigenvalue weighted by molar-refractivity contribution is -0.150. The van der Waals surface area contributed by atoms with Crippen LogP contribution in [0.2, 0.25) is 0 Å². The lowest BCUT2D eigenvalue weighted by Crippen LogP contribution is -2.44. The summed E-state index contributed by atoms with van der Waals surface area (Å²) >= 11 is 1.28. The van der Waals surface area contributed by atoms with Crippen molar-refractivity contribution in [2.75, 3.05) is 13.4 Å². The van der Waals surface area contributed by atoms with E-state index < -0.39 is 23.7 Å². The summed E-state index contributed by atoms with van der Waals surface area (Å²) in [7, 11) is 1.24. The Labute approximate surface area is 133 Å². The van der Waals surface area contributed by atoms with Crippen molar-refractivity contribution in [2.24, 2.45) is 5.92 Å². The zero-order valence-electron chi connectivity index (χ0n) is 12.5. The molecule has 1 aliphatic heterocycles. The molecule has 0 aromatic heterocycles. The molecule has 22 heavy (non-hydrogen) atoms. The maximum absolute atomic E-state index is 12.3. The minimum atomic E-state index is -1.06. The quantitative estimate of drug-likeness (QED) is 0.682. The summed E-state index contributed by atoms with van der Waals surface area (Å²) in [6.45, 7) is 1.95. The number of carbonyl (C=O) groups is 2. The van der Waals surface area contributed by atoms with Crippen LogP contribution in [0.3, 0.4) is 0 Å². The fraction of sp³-hybridized carbons (Fsp3) is 0.312. The number of benzene rings is 1. The smallest absolute Gasteiger partial charge is 0.319 e. The molecule has 1 unspecified atom stereocenters. The monoisotopic (exact) mass is 316 g/mol. The first-order valence-corrected chi connectivity index (χ1v) is 7.89. The number of rotatable bonds is 3. The van der Waals surface area contributed by atoms with Crippen molar-refractivity contribution >= 4 is 23.6 Å². The molecule has 0 fully saturated rings. The number of amides is 1. The molecule has 5 nitrogen and oxygen atoms in total. The molecular weight excluding hydrogens is 300 g/mol. The highest BCUT2D eigenvalue weighted by Gasteiger charge is 2.43. The molecule has 1 aliphatic rings. The van der Waals surface area contributed by atoms with Crippen molar-refractivity contribution in [3.63, 3.8) is 0 Å². The zero-order valence-corrected chi connectivity index (χ0v) is 13.4. The minimum Gasteiger partial charge on any atom is -0.468 e. The van der Waals surface area contributed by atoms with Gasteiger partial charge in [-0.1, -0.05) is 29.8 Å². The third-order valence-corrected chi connectivity index (χ3v) is 4.35. The number of nitrogens with zero attached hydrogens (tertiary/aromatic N) is 1. The van der Waals surface area contributed by atoms with E-state index in [4.69, 9.17) is 4.74 Å². The van der Waals surface area contributed by atoms with Crippen molar-refractivity contribution < 1.29 is 14.3 Å². The number of ether oxygens (including phenoxy) is 1. The van der Waals surface area contributed by atoms with Crippen LogP contribution in [0.25, 0.3) is 0 Å². The predicted molar refractivity (Wildman–Crippen MR) is 83.7 cm³/mol. The first kappa shape index (κ1) is 16.1. The highest BCUT2D eigenvalue weighted by Crippen LogP contribution is 2.39. The summed E-state index contributed by atoms with van der Waals surface area (Å²) in [4.78, 5) is 24.4. The summed E-state index contributed by atoms with van der Waals surface area (Å²) in [5.41, 5.74) is 2.19. The third-order valence-electron chi connectivity index (χ3n) is 3.62. The summed E-state index contributed by atoms with van der Waals surface area (Å²) < 4.78 is 4.76. The van der Waals surface area contributed by atoms with Gasteiger partial charge in [0.25, 0.3) is 0 Å². The highest BCUT2D eigenvalue weighted by molar-refractivity contribution is 8.02. The number of thioether (sulfide) groups is 1. The molecule has 1 heterocycles. The Hall–Kier alpha value is -2.26. The number of nitriles is 1. The van der Waals surface area contributed by atoms with E-state index in [2.05, 4.69) is 11.4 Å². The third kappa shape index (κ3) is 2.85. The molecule has 0 aliphatic carbocycles. The van der Waals surface area contributed by atoms with Gasteiger partial charge in [-0.05, 0) is 18.7 Å². The molecule has 6 heteroatoms. The van der Waals surface area contributed by atoms with Crippen LogP contribution < -0.4 is 5.32 Å². The van der Waals surface area contributed by atoms with Crippen LogP contribution in [0.1, 0.15) is 17.0 Å². The van der Waals surface area contributed by atoms with Gasteiger partial charge in [-0.3, -0.25) is 9.59 Å². The fourth-order valence-corrected chi connectivity index (χ4v) is 3.10. The van der Waals surface area contributed by atoms with Gasteiger partial charge < -0.3 is 10.1 Å². The van der Waals surface area contributed by atoms with E-state index in [1.807, 2.05) is 31.2 Å². The van der Waals surface area contributed by atoms with E-state index >= 15 is 0 Å². The molecular formula is C16H16N2O3S. The van der Waals surface area contributed by atoms with Crippen LogP contribution in [-0.4, -0.2) is 25.2 Å². The summed E-state index contributed by atoms with van der Waals surface area (Å²) in [6, 6.07) is 9.59. The summed E-state index contributed by atoms with van der Waals surface area (Å²) in [5.74, 6) is -2.77. The van der Waals surface area contributed by atoms with Crippen LogP contribution in [0.5, 0.6) is 0 Å². The van der Waals surface area contributed by atoms with Crippen LogP contribution in [0.4, 0.5) is 0 Å². The average molecular weight is 316 g/mol.